The Kier molecular flexibility index (Phi) is 6.60. The van der Waals surface area contributed by atoms with Crippen LogP contribution in [0.3, 0.4) is 0 Å². The second kappa shape index (κ2) is 7.96. The molecular formula is C13H19NO6S. The Morgan fingerprint density at radius 2 is 1.95 bits per heavy atom. The van der Waals surface area contributed by atoms with Gasteiger partial charge in [-0.3, -0.25) is 0 Å². The zero-order chi connectivity index (χ0) is 15.9. The highest BCUT2D eigenvalue weighted by atomic mass is 32.2. The zero-order valence-electron chi connectivity index (χ0n) is 12.2. The maximum atomic E-state index is 11.7. The van der Waals surface area contributed by atoms with Crippen LogP contribution < -0.4 is 9.46 Å². The van der Waals surface area contributed by atoms with E-state index in [2.05, 4.69) is 9.46 Å². The first kappa shape index (κ1) is 17.4. The van der Waals surface area contributed by atoms with Crippen molar-refractivity contribution in [2.45, 2.75) is 6.54 Å². The number of esters is 1. The van der Waals surface area contributed by atoms with Gasteiger partial charge >= 0.3 is 5.97 Å². The summed E-state index contributed by atoms with van der Waals surface area (Å²) in [4.78, 5) is 11.6. The first-order valence-electron chi connectivity index (χ1n) is 6.15. The summed E-state index contributed by atoms with van der Waals surface area (Å²) in [5.74, 6) is -0.299. The van der Waals surface area contributed by atoms with E-state index in [1.54, 1.807) is 12.1 Å². The third-order valence-corrected chi connectivity index (χ3v) is 4.01. The Labute approximate surface area is 124 Å². The predicted molar refractivity (Wildman–Crippen MR) is 76.8 cm³/mol. The summed E-state index contributed by atoms with van der Waals surface area (Å²) >= 11 is 0. The molecule has 7 nitrogen and oxygen atoms in total. The Hall–Kier alpha value is -1.64. The van der Waals surface area contributed by atoms with Gasteiger partial charge in [-0.1, -0.05) is 6.07 Å². The number of nitrogens with one attached hydrogen (secondary N) is 1. The summed E-state index contributed by atoms with van der Waals surface area (Å²) in [6, 6.07) is 4.79. The molecule has 21 heavy (non-hydrogen) atoms. The highest BCUT2D eigenvalue weighted by Crippen LogP contribution is 2.20. The van der Waals surface area contributed by atoms with Gasteiger partial charge in [0, 0.05) is 13.7 Å². The summed E-state index contributed by atoms with van der Waals surface area (Å²) in [6.07, 6.45) is 0. The molecule has 0 spiro atoms. The van der Waals surface area contributed by atoms with Gasteiger partial charge < -0.3 is 14.2 Å². The molecule has 0 saturated heterocycles. The van der Waals surface area contributed by atoms with Gasteiger partial charge in [-0.15, -0.1) is 0 Å². The van der Waals surface area contributed by atoms with Crippen LogP contribution in [0.2, 0.25) is 0 Å². The number of ether oxygens (including phenoxy) is 3. The number of hydrogen-bond acceptors (Lipinski definition) is 6. The molecule has 0 unspecified atom stereocenters. The van der Waals surface area contributed by atoms with E-state index in [1.807, 2.05) is 0 Å². The molecule has 8 heteroatoms. The zero-order valence-corrected chi connectivity index (χ0v) is 13.0. The summed E-state index contributed by atoms with van der Waals surface area (Å²) < 4.78 is 40.2. The summed E-state index contributed by atoms with van der Waals surface area (Å²) in [6.45, 7) is 0.186. The second-order valence-electron chi connectivity index (χ2n) is 4.16. The fourth-order valence-electron chi connectivity index (χ4n) is 1.59. The third-order valence-electron chi connectivity index (χ3n) is 2.72. The van der Waals surface area contributed by atoms with Crippen LogP contribution in [0.1, 0.15) is 15.9 Å². The summed E-state index contributed by atoms with van der Waals surface area (Å²) in [7, 11) is 0.719. The highest BCUT2D eigenvalue weighted by molar-refractivity contribution is 7.89. The van der Waals surface area contributed by atoms with Crippen LogP contribution in [0.4, 0.5) is 0 Å². The van der Waals surface area contributed by atoms with Crippen LogP contribution >= 0.6 is 0 Å². The summed E-state index contributed by atoms with van der Waals surface area (Å²) in [5, 5.41) is 0. The van der Waals surface area contributed by atoms with Crippen molar-refractivity contribution in [3.63, 3.8) is 0 Å². The maximum Gasteiger partial charge on any atom is 0.341 e. The molecule has 0 fully saturated rings. The van der Waals surface area contributed by atoms with E-state index >= 15 is 0 Å². The SMILES string of the molecule is COCCS(=O)(=O)NCc1ccc(OC)c(C(=O)OC)c1. The van der Waals surface area contributed by atoms with E-state index in [1.165, 1.54) is 27.4 Å². The lowest BCUT2D eigenvalue weighted by atomic mass is 10.1. The molecule has 0 aliphatic carbocycles. The number of methoxy groups -OCH3 is 3. The van der Waals surface area contributed by atoms with Crippen LogP contribution in [-0.4, -0.2) is 48.1 Å². The molecule has 1 aromatic rings. The first-order chi connectivity index (χ1) is 9.93. The monoisotopic (exact) mass is 317 g/mol. The lowest BCUT2D eigenvalue weighted by molar-refractivity contribution is 0.0597. The average Bonchev–Trinajstić information content (AvgIpc) is 2.50. The van der Waals surface area contributed by atoms with Crippen LogP contribution in [0, 0.1) is 0 Å². The minimum atomic E-state index is -3.42. The molecule has 1 rings (SSSR count). The van der Waals surface area contributed by atoms with E-state index < -0.39 is 16.0 Å². The van der Waals surface area contributed by atoms with Crippen molar-refractivity contribution in [2.24, 2.45) is 0 Å². The molecule has 0 heterocycles. The first-order valence-corrected chi connectivity index (χ1v) is 7.80. The normalized spacial score (nSPS) is 11.2. The molecule has 1 aromatic carbocycles. The quantitative estimate of drug-likeness (QED) is 0.704. The molecular weight excluding hydrogens is 298 g/mol. The van der Waals surface area contributed by atoms with Crippen molar-refractivity contribution in [1.29, 1.82) is 0 Å². The summed E-state index contributed by atoms with van der Waals surface area (Å²) in [5.41, 5.74) is 0.866. The molecule has 0 aliphatic rings. The van der Waals surface area contributed by atoms with E-state index in [0.29, 0.717) is 11.3 Å². The Balaban J connectivity index is 2.83. The average molecular weight is 317 g/mol. The topological polar surface area (TPSA) is 90.9 Å². The van der Waals surface area contributed by atoms with Gasteiger partial charge in [0.2, 0.25) is 10.0 Å². The molecule has 0 bridgehead atoms. The molecule has 0 aromatic heterocycles. The molecule has 0 atom stereocenters. The minimum absolute atomic E-state index is 0.0695. The van der Waals surface area contributed by atoms with Crippen LogP contribution in [-0.2, 0) is 26.0 Å². The van der Waals surface area contributed by atoms with Crippen molar-refractivity contribution in [2.75, 3.05) is 33.7 Å². The lowest BCUT2D eigenvalue weighted by Crippen LogP contribution is -2.27. The maximum absolute atomic E-state index is 11.7. The van der Waals surface area contributed by atoms with Gasteiger partial charge in [-0.05, 0) is 17.7 Å². The fraction of sp³-hybridized carbons (Fsp3) is 0.462. The molecule has 0 radical (unpaired) electrons. The van der Waals surface area contributed by atoms with Gasteiger partial charge in [-0.2, -0.15) is 0 Å². The third kappa shape index (κ3) is 5.33. The minimum Gasteiger partial charge on any atom is -0.496 e. The fourth-order valence-corrected chi connectivity index (χ4v) is 2.51. The molecule has 0 amide bonds. The van der Waals surface area contributed by atoms with Gasteiger partial charge in [0.1, 0.15) is 11.3 Å². The number of hydrogen-bond donors (Lipinski definition) is 1. The number of benzene rings is 1. The van der Waals surface area contributed by atoms with Gasteiger partial charge in [0.25, 0.3) is 0 Å². The molecule has 1 N–H and O–H groups in total. The van der Waals surface area contributed by atoms with Gasteiger partial charge in [0.15, 0.2) is 0 Å². The standard InChI is InChI=1S/C13H19NO6S/c1-18-6-7-21(16,17)14-9-10-4-5-12(19-2)11(8-10)13(15)20-3/h4-5,8,14H,6-7,9H2,1-3H3. The Morgan fingerprint density at radius 3 is 2.52 bits per heavy atom. The van der Waals surface area contributed by atoms with Gasteiger partial charge in [0.05, 0.1) is 26.6 Å². The lowest BCUT2D eigenvalue weighted by Gasteiger charge is -2.10. The van der Waals surface area contributed by atoms with Crippen molar-refractivity contribution < 1.29 is 27.4 Å². The van der Waals surface area contributed by atoms with E-state index in [9.17, 15) is 13.2 Å². The van der Waals surface area contributed by atoms with Gasteiger partial charge in [-0.25, -0.2) is 17.9 Å². The number of sulfonamides is 1. The molecule has 0 aliphatic heterocycles. The van der Waals surface area contributed by atoms with E-state index in [-0.39, 0.29) is 24.5 Å². The Morgan fingerprint density at radius 1 is 1.24 bits per heavy atom. The number of carbonyl (C=O) groups is 1. The van der Waals surface area contributed by atoms with Crippen LogP contribution in [0.25, 0.3) is 0 Å². The number of carbonyl (C=O) groups excluding carboxylic acids is 1. The van der Waals surface area contributed by atoms with E-state index in [4.69, 9.17) is 9.47 Å². The molecule has 118 valence electrons. The highest BCUT2D eigenvalue weighted by Gasteiger charge is 2.15. The number of rotatable bonds is 8. The molecule has 0 saturated carbocycles. The van der Waals surface area contributed by atoms with Crippen molar-refractivity contribution >= 4 is 16.0 Å². The Bertz CT molecular complexity index is 584. The smallest absolute Gasteiger partial charge is 0.341 e. The van der Waals surface area contributed by atoms with Crippen LogP contribution in [0.5, 0.6) is 5.75 Å². The predicted octanol–water partition coefficient (Wildman–Crippen LogP) is 0.548. The van der Waals surface area contributed by atoms with Crippen molar-refractivity contribution in [1.82, 2.24) is 4.72 Å². The second-order valence-corrected chi connectivity index (χ2v) is 6.09. The largest absolute Gasteiger partial charge is 0.496 e. The van der Waals surface area contributed by atoms with Crippen LogP contribution in [0.15, 0.2) is 18.2 Å². The van der Waals surface area contributed by atoms with E-state index in [0.717, 1.165) is 0 Å². The van der Waals surface area contributed by atoms with Crippen molar-refractivity contribution in [3.05, 3.63) is 29.3 Å². The van der Waals surface area contributed by atoms with Crippen molar-refractivity contribution in [3.8, 4) is 5.75 Å².